The summed E-state index contributed by atoms with van der Waals surface area (Å²) in [7, 11) is -3.03. The van der Waals surface area contributed by atoms with Gasteiger partial charge in [-0.3, -0.25) is 9.59 Å². The molecule has 1 aliphatic heterocycles. The van der Waals surface area contributed by atoms with Gasteiger partial charge in [0.25, 0.3) is 11.5 Å². The number of amides is 1. The first-order chi connectivity index (χ1) is 7.96. The van der Waals surface area contributed by atoms with E-state index in [-0.39, 0.29) is 17.2 Å². The fourth-order valence-corrected chi connectivity index (χ4v) is 3.33. The summed E-state index contributed by atoms with van der Waals surface area (Å²) in [5, 5.41) is 2.54. The van der Waals surface area contributed by atoms with Crippen LogP contribution in [0.4, 0.5) is 0 Å². The van der Waals surface area contributed by atoms with Crippen LogP contribution < -0.4 is 10.9 Å². The predicted octanol–water partition coefficient (Wildman–Crippen LogP) is -1.31. The third-order valence-electron chi connectivity index (χ3n) is 2.48. The van der Waals surface area contributed by atoms with Crippen molar-refractivity contribution in [2.45, 2.75) is 12.5 Å². The first-order valence-corrected chi connectivity index (χ1v) is 6.84. The molecule has 2 rings (SSSR count). The zero-order chi connectivity index (χ0) is 12.5. The molecule has 8 heteroatoms. The average molecular weight is 257 g/mol. The van der Waals surface area contributed by atoms with Crippen LogP contribution in [0, 0.1) is 0 Å². The number of nitrogens with one attached hydrogen (secondary N) is 2. The van der Waals surface area contributed by atoms with E-state index in [2.05, 4.69) is 15.3 Å². The van der Waals surface area contributed by atoms with Gasteiger partial charge in [-0.25, -0.2) is 13.4 Å². The van der Waals surface area contributed by atoms with Crippen LogP contribution in [0.15, 0.2) is 17.2 Å². The van der Waals surface area contributed by atoms with Gasteiger partial charge in [0.05, 0.1) is 17.8 Å². The minimum Gasteiger partial charge on any atom is -0.347 e. The van der Waals surface area contributed by atoms with E-state index < -0.39 is 27.3 Å². The molecule has 0 bridgehead atoms. The monoisotopic (exact) mass is 257 g/mol. The molecule has 1 saturated heterocycles. The molecule has 1 atom stereocenters. The molecule has 1 aromatic heterocycles. The number of H-pyrrole nitrogens is 1. The maximum absolute atomic E-state index is 11.6. The molecule has 0 aromatic carbocycles. The molecule has 0 aliphatic carbocycles. The Kier molecular flexibility index (Phi) is 2.97. The van der Waals surface area contributed by atoms with Crippen LogP contribution in [-0.4, -0.2) is 41.8 Å². The summed E-state index contributed by atoms with van der Waals surface area (Å²) in [6.45, 7) is 0. The predicted molar refractivity (Wildman–Crippen MR) is 59.4 cm³/mol. The fraction of sp³-hybridized carbons (Fsp3) is 0.444. The molecule has 0 spiro atoms. The summed E-state index contributed by atoms with van der Waals surface area (Å²) in [5.74, 6) is -0.499. The summed E-state index contributed by atoms with van der Waals surface area (Å²) in [6, 6.07) is 0.673. The largest absolute Gasteiger partial charge is 0.347 e. The van der Waals surface area contributed by atoms with E-state index in [0.29, 0.717) is 6.42 Å². The van der Waals surface area contributed by atoms with Gasteiger partial charge >= 0.3 is 0 Å². The minimum atomic E-state index is -3.03. The molecule has 0 saturated carbocycles. The van der Waals surface area contributed by atoms with E-state index in [1.54, 1.807) is 0 Å². The quantitative estimate of drug-likeness (QED) is 0.683. The van der Waals surface area contributed by atoms with Gasteiger partial charge in [0.15, 0.2) is 9.84 Å². The average Bonchev–Trinajstić information content (AvgIpc) is 2.58. The Bertz CT molecular complexity index is 592. The van der Waals surface area contributed by atoms with Crippen molar-refractivity contribution < 1.29 is 13.2 Å². The van der Waals surface area contributed by atoms with Crippen LogP contribution in [0.2, 0.25) is 0 Å². The van der Waals surface area contributed by atoms with Crippen LogP contribution in [0.3, 0.4) is 0 Å². The lowest BCUT2D eigenvalue weighted by Crippen LogP contribution is -2.36. The smallest absolute Gasteiger partial charge is 0.270 e. The molecule has 1 aliphatic rings. The summed E-state index contributed by atoms with van der Waals surface area (Å²) in [4.78, 5) is 28.6. The van der Waals surface area contributed by atoms with Crippen LogP contribution in [-0.2, 0) is 9.84 Å². The van der Waals surface area contributed by atoms with Crippen LogP contribution >= 0.6 is 0 Å². The van der Waals surface area contributed by atoms with Gasteiger partial charge in [-0.1, -0.05) is 0 Å². The summed E-state index contributed by atoms with van der Waals surface area (Å²) in [5.41, 5.74) is -0.442. The second-order valence-electron chi connectivity index (χ2n) is 3.87. The molecule has 1 amide bonds. The number of nitrogens with zero attached hydrogens (tertiary/aromatic N) is 1. The molecular weight excluding hydrogens is 246 g/mol. The van der Waals surface area contributed by atoms with Gasteiger partial charge in [0.1, 0.15) is 5.69 Å². The maximum atomic E-state index is 11.6. The summed E-state index contributed by atoms with van der Waals surface area (Å²) < 4.78 is 22.4. The number of carbonyl (C=O) groups is 1. The van der Waals surface area contributed by atoms with Gasteiger partial charge in [-0.15, -0.1) is 0 Å². The zero-order valence-corrected chi connectivity index (χ0v) is 9.66. The molecule has 2 N–H and O–H groups in total. The molecule has 1 aromatic rings. The Morgan fingerprint density at radius 3 is 2.88 bits per heavy atom. The van der Waals surface area contributed by atoms with Crippen LogP contribution in [0.5, 0.6) is 0 Å². The highest BCUT2D eigenvalue weighted by atomic mass is 32.2. The fourth-order valence-electron chi connectivity index (χ4n) is 1.66. The van der Waals surface area contributed by atoms with E-state index in [0.717, 1.165) is 12.4 Å². The van der Waals surface area contributed by atoms with Gasteiger partial charge in [-0.05, 0) is 6.42 Å². The Morgan fingerprint density at radius 1 is 1.53 bits per heavy atom. The van der Waals surface area contributed by atoms with E-state index >= 15 is 0 Å². The Labute approximate surface area is 97.2 Å². The third kappa shape index (κ3) is 2.90. The second-order valence-corrected chi connectivity index (χ2v) is 6.10. The lowest BCUT2D eigenvalue weighted by molar-refractivity contribution is 0.0936. The molecule has 17 heavy (non-hydrogen) atoms. The highest BCUT2D eigenvalue weighted by molar-refractivity contribution is 7.91. The molecule has 0 radical (unpaired) electrons. The highest BCUT2D eigenvalue weighted by Gasteiger charge is 2.29. The number of rotatable bonds is 2. The lowest BCUT2D eigenvalue weighted by Gasteiger charge is -2.09. The van der Waals surface area contributed by atoms with Gasteiger partial charge in [0, 0.05) is 12.1 Å². The van der Waals surface area contributed by atoms with Crippen molar-refractivity contribution in [1.29, 1.82) is 0 Å². The van der Waals surface area contributed by atoms with Crippen molar-refractivity contribution >= 4 is 15.7 Å². The molecule has 92 valence electrons. The Balaban J connectivity index is 2.06. The van der Waals surface area contributed by atoms with Crippen LogP contribution in [0.1, 0.15) is 16.9 Å². The SMILES string of the molecule is O=C(N[C@@H]1CCS(=O)(=O)C1)c1cc(=O)[nH]cn1. The normalized spacial score (nSPS) is 22.2. The number of carbonyl (C=O) groups excluding carboxylic acids is 1. The Hall–Kier alpha value is -1.70. The molecule has 1 fully saturated rings. The second kappa shape index (κ2) is 4.28. The Morgan fingerprint density at radius 2 is 2.29 bits per heavy atom. The molecular formula is C9H11N3O4S. The van der Waals surface area contributed by atoms with Crippen LogP contribution in [0.25, 0.3) is 0 Å². The van der Waals surface area contributed by atoms with Crippen molar-refractivity contribution in [1.82, 2.24) is 15.3 Å². The zero-order valence-electron chi connectivity index (χ0n) is 8.84. The number of hydrogen-bond acceptors (Lipinski definition) is 5. The summed E-state index contributed by atoms with van der Waals surface area (Å²) in [6.07, 6.45) is 1.53. The molecule has 2 heterocycles. The van der Waals surface area contributed by atoms with Crippen molar-refractivity contribution in [3.8, 4) is 0 Å². The number of aromatic amines is 1. The van der Waals surface area contributed by atoms with Crippen molar-refractivity contribution in [3.05, 3.63) is 28.4 Å². The topological polar surface area (TPSA) is 109 Å². The van der Waals surface area contributed by atoms with Gasteiger partial charge in [0.2, 0.25) is 0 Å². The maximum Gasteiger partial charge on any atom is 0.270 e. The highest BCUT2D eigenvalue weighted by Crippen LogP contribution is 2.11. The molecule has 7 nitrogen and oxygen atoms in total. The van der Waals surface area contributed by atoms with Gasteiger partial charge in [-0.2, -0.15) is 0 Å². The number of sulfone groups is 1. The van der Waals surface area contributed by atoms with Crippen molar-refractivity contribution in [2.24, 2.45) is 0 Å². The number of hydrogen-bond donors (Lipinski definition) is 2. The first-order valence-electron chi connectivity index (χ1n) is 5.02. The van der Waals surface area contributed by atoms with E-state index in [4.69, 9.17) is 0 Å². The third-order valence-corrected chi connectivity index (χ3v) is 4.25. The standard InChI is InChI=1S/C9H11N3O4S/c13-8-3-7(10-5-11-8)9(14)12-6-1-2-17(15,16)4-6/h3,5-6H,1-2,4H2,(H,12,14)(H,10,11,13)/t6-/m1/s1. The van der Waals surface area contributed by atoms with Crippen molar-refractivity contribution in [2.75, 3.05) is 11.5 Å². The van der Waals surface area contributed by atoms with E-state index in [1.165, 1.54) is 0 Å². The van der Waals surface area contributed by atoms with E-state index in [1.807, 2.05) is 0 Å². The molecule has 0 unspecified atom stereocenters. The lowest BCUT2D eigenvalue weighted by atomic mass is 10.2. The summed E-state index contributed by atoms with van der Waals surface area (Å²) >= 11 is 0. The minimum absolute atomic E-state index is 0.0157. The van der Waals surface area contributed by atoms with Gasteiger partial charge < -0.3 is 10.3 Å². The number of aromatic nitrogens is 2. The first kappa shape index (κ1) is 11.8. The van der Waals surface area contributed by atoms with Crippen molar-refractivity contribution in [3.63, 3.8) is 0 Å². The van der Waals surface area contributed by atoms with E-state index in [9.17, 15) is 18.0 Å².